The molecule has 1 aromatic rings. The number of hydrogen-bond acceptors (Lipinski definition) is 7. The van der Waals surface area contributed by atoms with Gasteiger partial charge in [0.2, 0.25) is 21.8 Å². The van der Waals surface area contributed by atoms with Crippen LogP contribution in [0.1, 0.15) is 66.2 Å². The maximum atomic E-state index is 13.8. The lowest BCUT2D eigenvalue weighted by molar-refractivity contribution is -0.274. The van der Waals surface area contributed by atoms with Crippen molar-refractivity contribution in [2.75, 3.05) is 11.9 Å². The minimum absolute atomic E-state index is 0.233. The van der Waals surface area contributed by atoms with Crippen LogP contribution in [-0.2, 0) is 24.4 Å². The zero-order valence-corrected chi connectivity index (χ0v) is 24.3. The number of rotatable bonds is 10. The van der Waals surface area contributed by atoms with Crippen molar-refractivity contribution >= 4 is 33.4 Å². The fourth-order valence-corrected chi connectivity index (χ4v) is 6.73. The lowest BCUT2D eigenvalue weighted by atomic mass is 9.85. The highest BCUT2D eigenvalue weighted by atomic mass is 32.2. The lowest BCUT2D eigenvalue weighted by Crippen LogP contribution is -2.58. The molecular formula is C27H37F3N4O6S. The van der Waals surface area contributed by atoms with Gasteiger partial charge in [-0.3, -0.25) is 19.1 Å². The molecule has 3 N–H and O–H groups in total. The van der Waals surface area contributed by atoms with E-state index in [4.69, 9.17) is 0 Å². The molecular weight excluding hydrogens is 565 g/mol. The summed E-state index contributed by atoms with van der Waals surface area (Å²) in [6, 6.07) is 3.37. The van der Waals surface area contributed by atoms with E-state index in [1.54, 1.807) is 20.8 Å². The molecule has 3 amide bonds. The summed E-state index contributed by atoms with van der Waals surface area (Å²) < 4.78 is 69.1. The van der Waals surface area contributed by atoms with Crippen LogP contribution in [0.5, 0.6) is 5.75 Å². The second kappa shape index (κ2) is 11.0. The SMILES string of the molecule is CCC1CC1(NC(=O)C1CCCN1C(=O)[C@@H](Nc1cccc(OC(F)(F)F)c1)C(C)(C)C)C(=O)NS(=O)(=O)C1CC1. The maximum Gasteiger partial charge on any atom is 0.573 e. The van der Waals surface area contributed by atoms with Crippen LogP contribution < -0.4 is 20.1 Å². The molecule has 10 nitrogen and oxygen atoms in total. The average Bonchev–Trinajstić information content (AvgIpc) is 3.77. The first-order valence-electron chi connectivity index (χ1n) is 13.8. The summed E-state index contributed by atoms with van der Waals surface area (Å²) in [7, 11) is -3.81. The molecule has 41 heavy (non-hydrogen) atoms. The normalized spacial score (nSPS) is 25.3. The van der Waals surface area contributed by atoms with Gasteiger partial charge in [-0.15, -0.1) is 13.2 Å². The number of ether oxygens (including phenoxy) is 1. The summed E-state index contributed by atoms with van der Waals surface area (Å²) in [5.74, 6) is -2.39. The standard InChI is InChI=1S/C27H37F3N4O6S/c1-5-16-15-26(16,24(37)33-41(38,39)19-11-12-19)32-22(35)20-10-7-13-34(20)23(36)21(25(2,3)4)31-17-8-6-9-18(14-17)40-27(28,29)30/h6,8-9,14,16,19-21,31H,5,7,10-13,15H2,1-4H3,(H,32,35)(H,33,37)/t16?,20?,21-,26?/m1/s1. The summed E-state index contributed by atoms with van der Waals surface area (Å²) in [6.07, 6.45) is -2.17. The quantitative estimate of drug-likeness (QED) is 0.374. The van der Waals surface area contributed by atoms with Gasteiger partial charge in [0.1, 0.15) is 23.4 Å². The van der Waals surface area contributed by atoms with Gasteiger partial charge in [0.05, 0.1) is 5.25 Å². The molecule has 0 bridgehead atoms. The van der Waals surface area contributed by atoms with Crippen LogP contribution in [0.15, 0.2) is 24.3 Å². The number of anilines is 1. The number of halogens is 3. The summed E-state index contributed by atoms with van der Waals surface area (Å²) in [5, 5.41) is 5.20. The first-order valence-corrected chi connectivity index (χ1v) is 15.3. The van der Waals surface area contributed by atoms with Crippen molar-refractivity contribution in [3.05, 3.63) is 24.3 Å². The van der Waals surface area contributed by atoms with Gasteiger partial charge in [-0.2, -0.15) is 0 Å². The number of likely N-dealkylation sites (tertiary alicyclic amines) is 1. The third kappa shape index (κ3) is 7.07. The van der Waals surface area contributed by atoms with E-state index in [2.05, 4.69) is 20.1 Å². The van der Waals surface area contributed by atoms with E-state index >= 15 is 0 Å². The predicted molar refractivity (Wildman–Crippen MR) is 144 cm³/mol. The number of benzene rings is 1. The molecule has 1 aromatic carbocycles. The monoisotopic (exact) mass is 602 g/mol. The Labute approximate surface area is 237 Å². The zero-order chi connectivity index (χ0) is 30.4. The molecule has 3 unspecified atom stereocenters. The van der Waals surface area contributed by atoms with Crippen molar-refractivity contribution in [2.24, 2.45) is 11.3 Å². The van der Waals surface area contributed by atoms with Gasteiger partial charge in [0.25, 0.3) is 5.91 Å². The number of amides is 3. The number of carbonyl (C=O) groups is 3. The molecule has 228 valence electrons. The molecule has 4 rings (SSSR count). The molecule has 1 heterocycles. The van der Waals surface area contributed by atoms with Crippen LogP contribution in [0.4, 0.5) is 18.9 Å². The van der Waals surface area contributed by atoms with Crippen molar-refractivity contribution < 1.29 is 40.7 Å². The van der Waals surface area contributed by atoms with Gasteiger partial charge < -0.3 is 20.3 Å². The van der Waals surface area contributed by atoms with Gasteiger partial charge in [-0.1, -0.05) is 40.2 Å². The maximum absolute atomic E-state index is 13.8. The number of alkyl halides is 3. The number of hydrogen-bond donors (Lipinski definition) is 3. The van der Waals surface area contributed by atoms with E-state index in [9.17, 15) is 36.0 Å². The molecule has 1 saturated heterocycles. The highest BCUT2D eigenvalue weighted by Gasteiger charge is 2.62. The second-order valence-corrected chi connectivity index (χ2v) is 14.1. The number of nitrogens with one attached hydrogen (secondary N) is 3. The van der Waals surface area contributed by atoms with E-state index in [0.717, 1.165) is 12.1 Å². The molecule has 3 aliphatic rings. The molecule has 14 heteroatoms. The molecule has 0 spiro atoms. The molecule has 0 radical (unpaired) electrons. The van der Waals surface area contributed by atoms with E-state index in [1.807, 2.05) is 6.92 Å². The second-order valence-electron chi connectivity index (χ2n) is 12.2. The van der Waals surface area contributed by atoms with Crippen molar-refractivity contribution in [3.8, 4) is 5.75 Å². The van der Waals surface area contributed by atoms with Crippen molar-refractivity contribution in [3.63, 3.8) is 0 Å². The van der Waals surface area contributed by atoms with Crippen LogP contribution in [0.25, 0.3) is 0 Å². The number of nitrogens with zero attached hydrogens (tertiary/aromatic N) is 1. The van der Waals surface area contributed by atoms with Crippen molar-refractivity contribution in [1.29, 1.82) is 0 Å². The molecule has 1 aliphatic heterocycles. The van der Waals surface area contributed by atoms with Gasteiger partial charge >= 0.3 is 6.36 Å². The average molecular weight is 603 g/mol. The van der Waals surface area contributed by atoms with Gasteiger partial charge in [-0.05, 0) is 55.6 Å². The molecule has 2 saturated carbocycles. The van der Waals surface area contributed by atoms with Gasteiger partial charge in [-0.25, -0.2) is 8.42 Å². The Morgan fingerprint density at radius 2 is 1.83 bits per heavy atom. The van der Waals surface area contributed by atoms with Crippen LogP contribution in [0.2, 0.25) is 0 Å². The fraction of sp³-hybridized carbons (Fsp3) is 0.667. The van der Waals surface area contributed by atoms with E-state index in [0.29, 0.717) is 38.5 Å². The van der Waals surface area contributed by atoms with E-state index in [1.165, 1.54) is 17.0 Å². The Hall–Kier alpha value is -3.03. The first kappa shape index (κ1) is 30.9. The third-order valence-corrected chi connectivity index (χ3v) is 9.70. The van der Waals surface area contributed by atoms with E-state index < -0.39 is 68.1 Å². The van der Waals surface area contributed by atoms with Crippen molar-refractivity contribution in [2.45, 2.75) is 95.5 Å². The Balaban J connectivity index is 1.49. The largest absolute Gasteiger partial charge is 0.573 e. The summed E-state index contributed by atoms with van der Waals surface area (Å²) in [6.45, 7) is 7.49. The Kier molecular flexibility index (Phi) is 8.29. The smallest absolute Gasteiger partial charge is 0.406 e. The topological polar surface area (TPSA) is 134 Å². The van der Waals surface area contributed by atoms with Gasteiger partial charge in [0, 0.05) is 18.3 Å². The summed E-state index contributed by atoms with van der Waals surface area (Å²) in [5.41, 5.74) is -1.83. The Bertz CT molecular complexity index is 1290. The zero-order valence-electron chi connectivity index (χ0n) is 23.5. The highest BCUT2D eigenvalue weighted by molar-refractivity contribution is 7.91. The van der Waals surface area contributed by atoms with Gasteiger partial charge in [0.15, 0.2) is 0 Å². The van der Waals surface area contributed by atoms with Crippen LogP contribution >= 0.6 is 0 Å². The predicted octanol–water partition coefficient (Wildman–Crippen LogP) is 3.30. The van der Waals surface area contributed by atoms with Crippen molar-refractivity contribution in [1.82, 2.24) is 14.9 Å². The minimum Gasteiger partial charge on any atom is -0.406 e. The van der Waals surface area contributed by atoms with Crippen LogP contribution in [-0.4, -0.2) is 66.8 Å². The summed E-state index contributed by atoms with van der Waals surface area (Å²) in [4.78, 5) is 41.9. The van der Waals surface area contributed by atoms with Crippen LogP contribution in [0.3, 0.4) is 0 Å². The third-order valence-electron chi connectivity index (χ3n) is 7.88. The molecule has 2 aliphatic carbocycles. The number of carbonyl (C=O) groups excluding carboxylic acids is 3. The summed E-state index contributed by atoms with van der Waals surface area (Å²) >= 11 is 0. The fourth-order valence-electron chi connectivity index (χ4n) is 5.36. The first-order chi connectivity index (χ1) is 19.0. The Morgan fingerprint density at radius 1 is 1.15 bits per heavy atom. The molecule has 0 aromatic heterocycles. The molecule has 3 fully saturated rings. The minimum atomic E-state index is -4.87. The Morgan fingerprint density at radius 3 is 2.39 bits per heavy atom. The number of sulfonamides is 1. The highest BCUT2D eigenvalue weighted by Crippen LogP contribution is 2.47. The van der Waals surface area contributed by atoms with E-state index in [-0.39, 0.29) is 18.2 Å². The molecule has 4 atom stereocenters. The lowest BCUT2D eigenvalue weighted by Gasteiger charge is -2.36. The van der Waals surface area contributed by atoms with Crippen LogP contribution in [0, 0.1) is 11.3 Å².